The summed E-state index contributed by atoms with van der Waals surface area (Å²) < 4.78 is 21.6. The van der Waals surface area contributed by atoms with Gasteiger partial charge in [0.25, 0.3) is 0 Å². The zero-order valence-corrected chi connectivity index (χ0v) is 30.1. The molecular weight excluding hydrogens is 644 g/mol. The van der Waals surface area contributed by atoms with Gasteiger partial charge in [-0.25, -0.2) is 19.2 Å². The standard InChI is InChI=1S/C38H48N2O10/c1-23-9-19-29(39(23)35(45)49-37(3,4)5)33(43)47-21-31(41)27-15-11-25(12-16-27)26-13-17-28(18-14-26)32(42)22-48-34(44)30-20-10-24(2)40(30)36(46)50-38(6,7)8/h11-18,23-24,29-30H,9-10,19-22H2,1-8H3/t23-,24-,29-,30-/m0/s1. The molecule has 270 valence electrons. The largest absolute Gasteiger partial charge is 0.456 e. The maximum Gasteiger partial charge on any atom is 0.411 e. The average molecular weight is 693 g/mol. The van der Waals surface area contributed by atoms with E-state index in [-0.39, 0.29) is 12.1 Å². The molecule has 12 nitrogen and oxygen atoms in total. The highest BCUT2D eigenvalue weighted by molar-refractivity contribution is 5.99. The summed E-state index contributed by atoms with van der Waals surface area (Å²) in [5.74, 6) is -2.08. The lowest BCUT2D eigenvalue weighted by Crippen LogP contribution is -2.47. The summed E-state index contributed by atoms with van der Waals surface area (Å²) in [5, 5.41) is 0. The van der Waals surface area contributed by atoms with Gasteiger partial charge in [-0.2, -0.15) is 0 Å². The molecule has 12 heteroatoms. The van der Waals surface area contributed by atoms with Gasteiger partial charge in [-0.05, 0) is 92.2 Å². The van der Waals surface area contributed by atoms with E-state index >= 15 is 0 Å². The number of esters is 2. The van der Waals surface area contributed by atoms with E-state index in [2.05, 4.69) is 0 Å². The number of ether oxygens (including phenoxy) is 4. The van der Waals surface area contributed by atoms with Crippen molar-refractivity contribution in [1.82, 2.24) is 9.80 Å². The minimum atomic E-state index is -0.817. The van der Waals surface area contributed by atoms with Crippen LogP contribution in [0.2, 0.25) is 0 Å². The summed E-state index contributed by atoms with van der Waals surface area (Å²) in [6.07, 6.45) is 0.905. The van der Waals surface area contributed by atoms with Gasteiger partial charge >= 0.3 is 24.1 Å². The number of nitrogens with zero attached hydrogens (tertiary/aromatic N) is 2. The molecule has 4 rings (SSSR count). The van der Waals surface area contributed by atoms with Crippen LogP contribution in [0.25, 0.3) is 11.1 Å². The first kappa shape index (κ1) is 38.1. The van der Waals surface area contributed by atoms with Crippen molar-refractivity contribution in [2.45, 2.75) is 116 Å². The zero-order chi connectivity index (χ0) is 37.0. The van der Waals surface area contributed by atoms with Crippen LogP contribution >= 0.6 is 0 Å². The second-order valence-corrected chi connectivity index (χ2v) is 14.9. The number of Topliss-reactive ketones (excluding diaryl/α,β-unsaturated/α-hetero) is 2. The van der Waals surface area contributed by atoms with Crippen LogP contribution in [0.15, 0.2) is 48.5 Å². The topological polar surface area (TPSA) is 146 Å². The smallest absolute Gasteiger partial charge is 0.411 e. The van der Waals surface area contributed by atoms with Gasteiger partial charge in [0.15, 0.2) is 24.8 Å². The van der Waals surface area contributed by atoms with E-state index in [0.29, 0.717) is 36.8 Å². The number of benzene rings is 2. The molecule has 2 aliphatic rings. The maximum absolute atomic E-state index is 12.9. The number of carbonyl (C=O) groups excluding carboxylic acids is 6. The van der Waals surface area contributed by atoms with Gasteiger partial charge in [-0.1, -0.05) is 48.5 Å². The molecule has 0 saturated carbocycles. The molecular formula is C38H48N2O10. The van der Waals surface area contributed by atoms with E-state index in [4.69, 9.17) is 18.9 Å². The Balaban J connectivity index is 1.28. The highest BCUT2D eigenvalue weighted by Crippen LogP contribution is 2.29. The summed E-state index contributed by atoms with van der Waals surface area (Å²) >= 11 is 0. The number of carbonyl (C=O) groups is 6. The van der Waals surface area contributed by atoms with Crippen LogP contribution in [-0.4, -0.2) is 94.1 Å². The second-order valence-electron chi connectivity index (χ2n) is 14.9. The van der Waals surface area contributed by atoms with E-state index < -0.39 is 72.2 Å². The Kier molecular flexibility index (Phi) is 11.8. The summed E-state index contributed by atoms with van der Waals surface area (Å²) in [6.45, 7) is 13.3. The Morgan fingerprint density at radius 1 is 0.560 bits per heavy atom. The summed E-state index contributed by atoms with van der Waals surface area (Å²) in [4.78, 5) is 79.5. The first-order chi connectivity index (χ1) is 23.3. The number of amides is 2. The lowest BCUT2D eigenvalue weighted by atomic mass is 10.0. The number of hydrogen-bond donors (Lipinski definition) is 0. The molecule has 50 heavy (non-hydrogen) atoms. The fourth-order valence-electron chi connectivity index (χ4n) is 6.00. The van der Waals surface area contributed by atoms with Crippen molar-refractivity contribution >= 4 is 35.7 Å². The fraction of sp³-hybridized carbons (Fsp3) is 0.526. The van der Waals surface area contributed by atoms with Crippen molar-refractivity contribution in [2.75, 3.05) is 13.2 Å². The zero-order valence-electron chi connectivity index (χ0n) is 30.1. The van der Waals surface area contributed by atoms with Gasteiger partial charge in [0, 0.05) is 23.2 Å². The molecule has 0 radical (unpaired) electrons. The lowest BCUT2D eigenvalue weighted by molar-refractivity contribution is -0.148. The Bertz CT molecular complexity index is 1470. The first-order valence-electron chi connectivity index (χ1n) is 17.0. The average Bonchev–Trinajstić information content (AvgIpc) is 3.63. The van der Waals surface area contributed by atoms with Crippen LogP contribution in [0.5, 0.6) is 0 Å². The van der Waals surface area contributed by atoms with E-state index in [9.17, 15) is 28.8 Å². The normalized spacial score (nSPS) is 20.6. The molecule has 0 spiro atoms. The Morgan fingerprint density at radius 3 is 1.18 bits per heavy atom. The van der Waals surface area contributed by atoms with E-state index in [0.717, 1.165) is 11.1 Å². The highest BCUT2D eigenvalue weighted by atomic mass is 16.6. The SMILES string of the molecule is C[C@H]1CC[C@@H](C(=O)OCC(=O)c2ccc(-c3ccc(C(=O)COC(=O)[C@@H]4CC[C@H](C)N4C(=O)OC(C)(C)C)cc3)cc2)N1C(=O)OC(C)(C)C. The molecule has 2 heterocycles. The van der Waals surface area contributed by atoms with E-state index in [1.54, 1.807) is 90.1 Å². The quantitative estimate of drug-likeness (QED) is 0.165. The van der Waals surface area contributed by atoms with Gasteiger partial charge in [-0.15, -0.1) is 0 Å². The molecule has 2 aromatic rings. The van der Waals surface area contributed by atoms with Crippen LogP contribution in [-0.2, 0) is 28.5 Å². The molecule has 0 aromatic heterocycles. The van der Waals surface area contributed by atoms with E-state index in [1.807, 2.05) is 13.8 Å². The van der Waals surface area contributed by atoms with Gasteiger partial charge < -0.3 is 18.9 Å². The number of hydrogen-bond acceptors (Lipinski definition) is 10. The Morgan fingerprint density at radius 2 is 0.880 bits per heavy atom. The molecule has 2 aromatic carbocycles. The van der Waals surface area contributed by atoms with Crippen LogP contribution in [0.1, 0.15) is 102 Å². The van der Waals surface area contributed by atoms with Crippen molar-refractivity contribution in [1.29, 1.82) is 0 Å². The third-order valence-electron chi connectivity index (χ3n) is 8.53. The third-order valence-corrected chi connectivity index (χ3v) is 8.53. The molecule has 0 unspecified atom stereocenters. The molecule has 2 amide bonds. The Hall–Kier alpha value is -4.74. The number of rotatable bonds is 9. The van der Waals surface area contributed by atoms with E-state index in [1.165, 1.54) is 9.80 Å². The molecule has 4 atom stereocenters. The maximum atomic E-state index is 12.9. The predicted octanol–water partition coefficient (Wildman–Crippen LogP) is 6.38. The summed E-state index contributed by atoms with van der Waals surface area (Å²) in [5.41, 5.74) is 0.844. The molecule has 2 saturated heterocycles. The monoisotopic (exact) mass is 692 g/mol. The van der Waals surface area contributed by atoms with Gasteiger partial charge in [-0.3, -0.25) is 19.4 Å². The second kappa shape index (κ2) is 15.4. The number of likely N-dealkylation sites (tertiary alicyclic amines) is 2. The van der Waals surface area contributed by atoms with Crippen molar-refractivity contribution in [3.8, 4) is 11.1 Å². The first-order valence-corrected chi connectivity index (χ1v) is 17.0. The molecule has 0 N–H and O–H groups in total. The van der Waals surface area contributed by atoms with Gasteiger partial charge in [0.05, 0.1) is 0 Å². The van der Waals surface area contributed by atoms with Crippen LogP contribution in [0.4, 0.5) is 9.59 Å². The summed E-state index contributed by atoms with van der Waals surface area (Å²) in [7, 11) is 0. The minimum absolute atomic E-state index is 0.195. The lowest BCUT2D eigenvalue weighted by Gasteiger charge is -2.30. The van der Waals surface area contributed by atoms with Crippen molar-refractivity contribution < 1.29 is 47.7 Å². The van der Waals surface area contributed by atoms with Crippen LogP contribution in [0.3, 0.4) is 0 Å². The van der Waals surface area contributed by atoms with Crippen molar-refractivity contribution in [2.24, 2.45) is 0 Å². The fourth-order valence-corrected chi connectivity index (χ4v) is 6.00. The van der Waals surface area contributed by atoms with Crippen LogP contribution < -0.4 is 0 Å². The molecule has 0 aliphatic carbocycles. The third kappa shape index (κ3) is 9.70. The number of ketones is 2. The van der Waals surface area contributed by atoms with Crippen molar-refractivity contribution in [3.63, 3.8) is 0 Å². The minimum Gasteiger partial charge on any atom is -0.456 e. The Labute approximate surface area is 293 Å². The van der Waals surface area contributed by atoms with Crippen molar-refractivity contribution in [3.05, 3.63) is 59.7 Å². The van der Waals surface area contributed by atoms with Crippen LogP contribution in [0, 0.1) is 0 Å². The predicted molar refractivity (Wildman–Crippen MR) is 184 cm³/mol. The molecule has 2 aliphatic heterocycles. The molecule has 0 bridgehead atoms. The van der Waals surface area contributed by atoms with Gasteiger partial charge in [0.1, 0.15) is 23.3 Å². The molecule has 2 fully saturated rings. The summed E-state index contributed by atoms with van der Waals surface area (Å²) in [6, 6.07) is 11.5. The highest BCUT2D eigenvalue weighted by Gasteiger charge is 2.43. The van der Waals surface area contributed by atoms with Gasteiger partial charge in [0.2, 0.25) is 0 Å².